The first-order valence-corrected chi connectivity index (χ1v) is 6.41. The molecule has 1 aliphatic rings. The minimum Gasteiger partial charge on any atom is -0.480 e. The van der Waals surface area contributed by atoms with Gasteiger partial charge in [-0.2, -0.15) is 0 Å². The Balaban J connectivity index is 2.72. The van der Waals surface area contributed by atoms with Crippen LogP contribution in [-0.4, -0.2) is 68.8 Å². The molecule has 0 aliphatic carbocycles. The number of hydrogen-bond acceptors (Lipinski definition) is 7. The predicted octanol–water partition coefficient (Wildman–Crippen LogP) is -2.78. The molecule has 0 spiro atoms. The molecule has 1 unspecified atom stereocenters. The fourth-order valence-electron chi connectivity index (χ4n) is 1.52. The van der Waals surface area contributed by atoms with Crippen LogP contribution >= 0.6 is 7.82 Å². The number of hydrogen-bond donors (Lipinski definition) is 6. The Bertz CT molecular complexity index is 344. The van der Waals surface area contributed by atoms with E-state index in [-0.39, 0.29) is 0 Å². The lowest BCUT2D eigenvalue weighted by molar-refractivity contribution is -0.137. The second-order valence-electron chi connectivity index (χ2n) is 3.60. The lowest BCUT2D eigenvalue weighted by atomic mass is 10.1. The fourth-order valence-corrected chi connectivity index (χ4v) is 2.07. The second-order valence-corrected chi connectivity index (χ2v) is 4.80. The molecule has 0 amide bonds. The lowest BCUT2D eigenvalue weighted by Gasteiger charge is -2.21. The quantitative estimate of drug-likeness (QED) is 0.281. The van der Waals surface area contributed by atoms with Crippen LogP contribution in [0, 0.1) is 0 Å². The number of aliphatic hydroxyl groups is 2. The number of rotatable bonds is 6. The summed E-state index contributed by atoms with van der Waals surface area (Å²) in [6.07, 6.45) is -5.34. The topological polar surface area (TPSA) is 166 Å². The third-order valence-corrected chi connectivity index (χ3v) is 2.75. The molecule has 106 valence electrons. The summed E-state index contributed by atoms with van der Waals surface area (Å²) in [5.41, 5.74) is 0. The number of nitrogens with one attached hydrogen (secondary N) is 1. The largest absolute Gasteiger partial charge is 0.480 e. The van der Waals surface area contributed by atoms with Crippen molar-refractivity contribution in [2.24, 2.45) is 0 Å². The number of phosphoric acid groups is 1. The zero-order chi connectivity index (χ0) is 13.9. The number of carbonyl (C=O) groups is 1. The van der Waals surface area contributed by atoms with Crippen molar-refractivity contribution in [3.05, 3.63) is 0 Å². The van der Waals surface area contributed by atoms with Gasteiger partial charge in [-0.3, -0.25) is 14.6 Å². The third-order valence-electron chi connectivity index (χ3n) is 2.23. The Morgan fingerprint density at radius 2 is 2.06 bits per heavy atom. The van der Waals surface area contributed by atoms with Gasteiger partial charge in [0.25, 0.3) is 0 Å². The first-order chi connectivity index (χ1) is 8.24. The van der Waals surface area contributed by atoms with Gasteiger partial charge in [0.05, 0.1) is 13.2 Å². The first-order valence-electron chi connectivity index (χ1n) is 4.88. The minimum atomic E-state index is -4.88. The van der Waals surface area contributed by atoms with Crippen molar-refractivity contribution in [3.63, 3.8) is 0 Å². The highest BCUT2D eigenvalue weighted by Crippen LogP contribution is 2.41. The number of aliphatic carboxylic acids is 1. The van der Waals surface area contributed by atoms with E-state index in [2.05, 4.69) is 9.84 Å². The molecule has 1 aliphatic heterocycles. The number of aliphatic hydroxyl groups excluding tert-OH is 2. The average molecular weight is 287 g/mol. The molecular formula is C7H14NO9P. The zero-order valence-electron chi connectivity index (χ0n) is 9.04. The van der Waals surface area contributed by atoms with Gasteiger partial charge in [-0.1, -0.05) is 0 Å². The van der Waals surface area contributed by atoms with E-state index in [1.165, 1.54) is 0 Å². The van der Waals surface area contributed by atoms with Gasteiger partial charge >= 0.3 is 13.8 Å². The molecule has 0 radical (unpaired) electrons. The normalized spacial score (nSPS) is 32.7. The van der Waals surface area contributed by atoms with Crippen molar-refractivity contribution in [3.8, 4) is 0 Å². The van der Waals surface area contributed by atoms with Crippen LogP contribution in [0.2, 0.25) is 0 Å². The number of carboxylic acids is 1. The summed E-state index contributed by atoms with van der Waals surface area (Å²) in [5.74, 6) is -1.23. The van der Waals surface area contributed by atoms with Gasteiger partial charge in [-0.25, -0.2) is 4.57 Å². The van der Waals surface area contributed by atoms with E-state index in [4.69, 9.17) is 24.7 Å². The highest BCUT2D eigenvalue weighted by atomic mass is 31.2. The van der Waals surface area contributed by atoms with Crippen molar-refractivity contribution in [1.82, 2.24) is 5.32 Å². The van der Waals surface area contributed by atoms with Crippen LogP contribution in [0.4, 0.5) is 0 Å². The second kappa shape index (κ2) is 6.04. The van der Waals surface area contributed by atoms with Crippen molar-refractivity contribution >= 4 is 13.8 Å². The number of carboxylic acid groups (broad SMARTS) is 1. The maximum atomic E-state index is 10.7. The Hall–Kier alpha value is -0.580. The maximum Gasteiger partial charge on any atom is 0.470 e. The van der Waals surface area contributed by atoms with Crippen LogP contribution in [0.25, 0.3) is 0 Å². The summed E-state index contributed by atoms with van der Waals surface area (Å²) in [5, 5.41) is 29.2. The molecule has 0 bridgehead atoms. The summed E-state index contributed by atoms with van der Waals surface area (Å²) in [6.45, 7) is -1.16. The molecule has 6 N–H and O–H groups in total. The Morgan fingerprint density at radius 1 is 1.44 bits per heavy atom. The number of phosphoric ester groups is 1. The van der Waals surface area contributed by atoms with E-state index >= 15 is 0 Å². The van der Waals surface area contributed by atoms with Gasteiger partial charge in [0.15, 0.2) is 0 Å². The molecule has 0 aromatic rings. The predicted molar refractivity (Wildman–Crippen MR) is 54.3 cm³/mol. The van der Waals surface area contributed by atoms with Crippen LogP contribution in [0.3, 0.4) is 0 Å². The molecule has 1 heterocycles. The van der Waals surface area contributed by atoms with Crippen molar-refractivity contribution in [2.45, 2.75) is 24.5 Å². The summed E-state index contributed by atoms with van der Waals surface area (Å²) < 4.78 is 20.0. The summed E-state index contributed by atoms with van der Waals surface area (Å²) in [4.78, 5) is 27.7. The molecule has 1 saturated heterocycles. The van der Waals surface area contributed by atoms with Crippen LogP contribution in [-0.2, 0) is 18.6 Å². The van der Waals surface area contributed by atoms with Gasteiger partial charge < -0.3 is 29.8 Å². The molecule has 18 heavy (non-hydrogen) atoms. The van der Waals surface area contributed by atoms with Crippen LogP contribution < -0.4 is 5.32 Å². The smallest absolute Gasteiger partial charge is 0.470 e. The monoisotopic (exact) mass is 287 g/mol. The Kier molecular flexibility index (Phi) is 5.20. The molecule has 11 heteroatoms. The van der Waals surface area contributed by atoms with Crippen LogP contribution in [0.5, 0.6) is 0 Å². The van der Waals surface area contributed by atoms with Gasteiger partial charge in [0.2, 0.25) is 0 Å². The molecule has 10 nitrogen and oxygen atoms in total. The standard InChI is InChI=1S/C7H14NO9P/c9-2-3-5(12)6(17-18(13,14)15)7(16-3)8-1-4(10)11/h3,5-9,12H,1-2H2,(H,10,11)(H2,13,14,15)/t3-,5-,6-,7?/m1/s1. The highest BCUT2D eigenvalue weighted by Gasteiger charge is 2.47. The highest BCUT2D eigenvalue weighted by molar-refractivity contribution is 7.46. The van der Waals surface area contributed by atoms with E-state index < -0.39 is 51.5 Å². The average Bonchev–Trinajstić information content (AvgIpc) is 2.51. The first kappa shape index (κ1) is 15.5. The van der Waals surface area contributed by atoms with Crippen LogP contribution in [0.1, 0.15) is 0 Å². The van der Waals surface area contributed by atoms with Gasteiger partial charge in [-0.15, -0.1) is 0 Å². The van der Waals surface area contributed by atoms with Gasteiger partial charge in [-0.05, 0) is 0 Å². The molecule has 1 fully saturated rings. The Morgan fingerprint density at radius 3 is 2.50 bits per heavy atom. The van der Waals surface area contributed by atoms with Gasteiger partial charge in [0.1, 0.15) is 24.5 Å². The molecule has 0 aromatic carbocycles. The van der Waals surface area contributed by atoms with Crippen molar-refractivity contribution in [1.29, 1.82) is 0 Å². The third kappa shape index (κ3) is 4.26. The van der Waals surface area contributed by atoms with E-state index in [0.29, 0.717) is 0 Å². The molecule has 1 rings (SSSR count). The molecule has 0 aromatic heterocycles. The van der Waals surface area contributed by atoms with E-state index in [1.54, 1.807) is 0 Å². The van der Waals surface area contributed by atoms with E-state index in [0.717, 1.165) is 0 Å². The molecule has 0 saturated carbocycles. The lowest BCUT2D eigenvalue weighted by Crippen LogP contribution is -2.44. The zero-order valence-corrected chi connectivity index (χ0v) is 9.93. The van der Waals surface area contributed by atoms with Crippen molar-refractivity contribution < 1.29 is 43.7 Å². The summed E-state index contributed by atoms with van der Waals surface area (Å²) in [7, 11) is -4.88. The fraction of sp³-hybridized carbons (Fsp3) is 0.857. The minimum absolute atomic E-state index is 0.559. The SMILES string of the molecule is O=C(O)CNC1O[C@H](CO)[C@@H](O)[C@H]1OP(=O)(O)O. The van der Waals surface area contributed by atoms with Gasteiger partial charge in [0, 0.05) is 0 Å². The van der Waals surface area contributed by atoms with Crippen molar-refractivity contribution in [2.75, 3.05) is 13.2 Å². The summed E-state index contributed by atoms with van der Waals surface area (Å²) >= 11 is 0. The summed E-state index contributed by atoms with van der Waals surface area (Å²) in [6, 6.07) is 0. The van der Waals surface area contributed by atoms with E-state index in [9.17, 15) is 14.5 Å². The Labute approximate surface area is 101 Å². The molecule has 4 atom stereocenters. The van der Waals surface area contributed by atoms with E-state index in [1.807, 2.05) is 0 Å². The van der Waals surface area contributed by atoms with Crippen LogP contribution in [0.15, 0.2) is 0 Å². The number of ether oxygens (including phenoxy) is 1. The molecular weight excluding hydrogens is 273 g/mol. The maximum absolute atomic E-state index is 10.7.